The van der Waals surface area contributed by atoms with Gasteiger partial charge in [0.2, 0.25) is 12.5 Å². The molecule has 11 nitrogen and oxygen atoms in total. The SMILES string of the molecule is [C-]#[N+]C[C@H]1CN(c2nc(OC[C@@]34CCCN3C[C@H](F)C4)nc3c(OC4CC4)c(-c4c(C)ccc5[nH]ncc45)ccc23)CCN1C(=O)C=C. The van der Waals surface area contributed by atoms with E-state index >= 15 is 0 Å². The summed E-state index contributed by atoms with van der Waals surface area (Å²) in [6, 6.07) is 8.10. The van der Waals surface area contributed by atoms with E-state index in [4.69, 9.17) is 26.0 Å². The fourth-order valence-corrected chi connectivity index (χ4v) is 7.96. The van der Waals surface area contributed by atoms with Crippen LogP contribution >= 0.6 is 0 Å². The Morgan fingerprint density at radius 1 is 1.19 bits per heavy atom. The van der Waals surface area contributed by atoms with Crippen molar-refractivity contribution in [3.8, 4) is 22.9 Å². The van der Waals surface area contributed by atoms with Crippen LogP contribution in [0.2, 0.25) is 0 Å². The standard InChI is InChI=1S/C36H39FN8O3/c1-4-30(46)45-15-14-43(20-24(45)17-38-3)34-27-10-9-26(31-22(2)6-11-29-28(31)18-39-42-29)33(48-25-7-8-25)32(27)40-35(41-34)47-21-36-12-5-13-44(36)19-23(37)16-36/h4,6,9-11,18,23-25H,1,5,7-8,12-17,19-21H2,2H3,(H,39,42)/t23-,24+,36+/m1/s1. The fourth-order valence-electron chi connectivity index (χ4n) is 7.96. The molecule has 0 radical (unpaired) electrons. The third-order valence-electron chi connectivity index (χ3n) is 10.5. The number of benzene rings is 2. The van der Waals surface area contributed by atoms with Crippen LogP contribution in [0, 0.1) is 13.5 Å². The van der Waals surface area contributed by atoms with E-state index in [1.54, 1.807) is 4.90 Å². The van der Waals surface area contributed by atoms with Crippen molar-refractivity contribution in [1.82, 2.24) is 30.0 Å². The molecule has 3 atom stereocenters. The van der Waals surface area contributed by atoms with Gasteiger partial charge >= 0.3 is 6.01 Å². The number of amides is 1. The van der Waals surface area contributed by atoms with Gasteiger partial charge in [0.05, 0.1) is 23.4 Å². The molecule has 0 bridgehead atoms. The molecule has 4 fully saturated rings. The number of H-pyrrole nitrogens is 1. The summed E-state index contributed by atoms with van der Waals surface area (Å²) in [5.41, 5.74) is 4.23. The van der Waals surface area contributed by atoms with Gasteiger partial charge in [0.15, 0.2) is 5.75 Å². The number of rotatable bonds is 9. The van der Waals surface area contributed by atoms with Crippen molar-refractivity contribution in [1.29, 1.82) is 0 Å². The lowest BCUT2D eigenvalue weighted by atomic mass is 9.94. The molecule has 0 unspecified atom stereocenters. The number of halogens is 1. The first-order valence-corrected chi connectivity index (χ1v) is 16.8. The van der Waals surface area contributed by atoms with Gasteiger partial charge in [0.25, 0.3) is 0 Å². The number of ether oxygens (including phenoxy) is 2. The number of aromatic nitrogens is 4. The van der Waals surface area contributed by atoms with Crippen molar-refractivity contribution in [3.05, 3.63) is 60.1 Å². The molecule has 0 spiro atoms. The van der Waals surface area contributed by atoms with Crippen molar-refractivity contribution < 1.29 is 18.7 Å². The third kappa shape index (κ3) is 5.30. The molecule has 2 aromatic heterocycles. The van der Waals surface area contributed by atoms with Gasteiger partial charge in [-0.1, -0.05) is 12.6 Å². The number of carbonyl (C=O) groups is 1. The van der Waals surface area contributed by atoms with Crippen LogP contribution in [0.1, 0.15) is 37.7 Å². The molecule has 8 rings (SSSR count). The topological polar surface area (TPSA) is 104 Å². The number of nitrogens with zero attached hydrogens (tertiary/aromatic N) is 7. The minimum Gasteiger partial charge on any atom is -0.487 e. The van der Waals surface area contributed by atoms with E-state index in [1.165, 1.54) is 6.08 Å². The first kappa shape index (κ1) is 30.6. The molecule has 4 aromatic rings. The van der Waals surface area contributed by atoms with Crippen molar-refractivity contribution >= 4 is 33.5 Å². The molecule has 1 aliphatic carbocycles. The highest BCUT2D eigenvalue weighted by Gasteiger charge is 2.49. The molecule has 2 aromatic carbocycles. The summed E-state index contributed by atoms with van der Waals surface area (Å²) in [5.74, 6) is 1.15. The Labute approximate surface area is 278 Å². The van der Waals surface area contributed by atoms with Crippen LogP contribution in [0.15, 0.2) is 43.1 Å². The van der Waals surface area contributed by atoms with Gasteiger partial charge in [-0.3, -0.25) is 14.8 Å². The summed E-state index contributed by atoms with van der Waals surface area (Å²) in [6.45, 7) is 16.5. The maximum absolute atomic E-state index is 14.6. The zero-order chi connectivity index (χ0) is 33.0. The average Bonchev–Trinajstić information content (AvgIpc) is 3.48. The number of anilines is 1. The van der Waals surface area contributed by atoms with Crippen molar-refractivity contribution in [2.75, 3.05) is 50.8 Å². The Bertz CT molecular complexity index is 1950. The number of aromatic amines is 1. The van der Waals surface area contributed by atoms with Crippen molar-refractivity contribution in [2.45, 2.75) is 62.9 Å². The van der Waals surface area contributed by atoms with E-state index in [0.717, 1.165) is 65.2 Å². The number of hydrogen-bond donors (Lipinski definition) is 1. The Kier molecular flexibility index (Phi) is 7.67. The van der Waals surface area contributed by atoms with Gasteiger partial charge in [0.1, 0.15) is 30.2 Å². The maximum atomic E-state index is 14.6. The van der Waals surface area contributed by atoms with Gasteiger partial charge in [-0.2, -0.15) is 15.1 Å². The number of nitrogens with one attached hydrogen (secondary N) is 1. The van der Waals surface area contributed by atoms with Crippen LogP contribution in [-0.2, 0) is 4.79 Å². The molecule has 1 amide bonds. The predicted molar refractivity (Wildman–Crippen MR) is 181 cm³/mol. The molecule has 48 heavy (non-hydrogen) atoms. The van der Waals surface area contributed by atoms with E-state index in [9.17, 15) is 9.18 Å². The maximum Gasteiger partial charge on any atom is 0.319 e. The van der Waals surface area contributed by atoms with Gasteiger partial charge in [0, 0.05) is 48.9 Å². The Morgan fingerprint density at radius 3 is 2.88 bits per heavy atom. The predicted octanol–water partition coefficient (Wildman–Crippen LogP) is 5.10. The number of piperazine rings is 1. The van der Waals surface area contributed by atoms with Gasteiger partial charge < -0.3 is 24.1 Å². The fraction of sp³-hybridized carbons (Fsp3) is 0.472. The number of carbonyl (C=O) groups excluding carboxylic acids is 1. The highest BCUT2D eigenvalue weighted by molar-refractivity contribution is 6.04. The first-order chi connectivity index (χ1) is 23.4. The first-order valence-electron chi connectivity index (χ1n) is 16.8. The van der Waals surface area contributed by atoms with Crippen LogP contribution in [0.25, 0.3) is 37.8 Å². The summed E-state index contributed by atoms with van der Waals surface area (Å²) < 4.78 is 27.8. The highest BCUT2D eigenvalue weighted by atomic mass is 19.1. The van der Waals surface area contributed by atoms with Crippen LogP contribution < -0.4 is 14.4 Å². The summed E-state index contributed by atoms with van der Waals surface area (Å²) >= 11 is 0. The molecule has 248 valence electrons. The molecule has 12 heteroatoms. The normalized spacial score (nSPS) is 24.2. The molecule has 4 aliphatic rings. The highest BCUT2D eigenvalue weighted by Crippen LogP contribution is 2.46. The van der Waals surface area contributed by atoms with Gasteiger partial charge in [-0.25, -0.2) is 11.0 Å². The molecule has 3 aliphatic heterocycles. The van der Waals surface area contributed by atoms with E-state index in [1.807, 2.05) is 18.3 Å². The van der Waals surface area contributed by atoms with Gasteiger partial charge in [-0.15, -0.1) is 0 Å². The van der Waals surface area contributed by atoms with Gasteiger partial charge in [-0.05, 0) is 74.6 Å². The number of hydrogen-bond acceptors (Lipinski definition) is 8. The largest absolute Gasteiger partial charge is 0.487 e. The lowest BCUT2D eigenvalue weighted by molar-refractivity contribution is -0.128. The number of aryl methyl sites for hydroxylation is 1. The second kappa shape index (κ2) is 12.0. The van der Waals surface area contributed by atoms with E-state index in [0.29, 0.717) is 56.3 Å². The number of alkyl halides is 1. The Balaban J connectivity index is 1.27. The zero-order valence-electron chi connectivity index (χ0n) is 27.1. The van der Waals surface area contributed by atoms with Crippen molar-refractivity contribution in [3.63, 3.8) is 0 Å². The Hall–Kier alpha value is -4.76. The summed E-state index contributed by atoms with van der Waals surface area (Å²) in [5, 5.41) is 9.21. The summed E-state index contributed by atoms with van der Waals surface area (Å²) in [4.78, 5) is 32.5. The van der Waals surface area contributed by atoms with Crippen molar-refractivity contribution in [2.24, 2.45) is 0 Å². The second-order valence-electron chi connectivity index (χ2n) is 13.6. The minimum atomic E-state index is -0.870. The lowest BCUT2D eigenvalue weighted by Gasteiger charge is -2.39. The third-order valence-corrected chi connectivity index (χ3v) is 10.5. The minimum absolute atomic E-state index is 0.0865. The van der Waals surface area contributed by atoms with E-state index < -0.39 is 6.17 Å². The molecule has 3 saturated heterocycles. The molecule has 5 heterocycles. The number of fused-ring (bicyclic) bond motifs is 3. The smallest absolute Gasteiger partial charge is 0.319 e. The zero-order valence-corrected chi connectivity index (χ0v) is 27.1. The molecular weight excluding hydrogens is 611 g/mol. The molecular formula is C36H39FN8O3. The molecule has 1 N–H and O–H groups in total. The lowest BCUT2D eigenvalue weighted by Crippen LogP contribution is -2.56. The van der Waals surface area contributed by atoms with E-state index in [-0.39, 0.29) is 36.1 Å². The van der Waals surface area contributed by atoms with E-state index in [2.05, 4.69) is 50.5 Å². The summed E-state index contributed by atoms with van der Waals surface area (Å²) in [6.07, 6.45) is 6.63. The van der Waals surface area contributed by atoms with Crippen LogP contribution in [-0.4, -0.2) is 106 Å². The Morgan fingerprint density at radius 2 is 2.06 bits per heavy atom. The quantitative estimate of drug-likeness (QED) is 0.197. The van der Waals surface area contributed by atoms with Crippen LogP contribution in [0.3, 0.4) is 0 Å². The second-order valence-corrected chi connectivity index (χ2v) is 13.6. The monoisotopic (exact) mass is 650 g/mol. The summed E-state index contributed by atoms with van der Waals surface area (Å²) in [7, 11) is 0. The molecule has 1 saturated carbocycles. The van der Waals surface area contributed by atoms with Crippen LogP contribution in [0.5, 0.6) is 11.8 Å². The van der Waals surface area contributed by atoms with Crippen LogP contribution in [0.4, 0.5) is 10.2 Å². The average molecular weight is 651 g/mol.